The molecule has 0 aromatic heterocycles. The standard InChI is InChI=1S/C23H28O8/c1-6-8-14(25)17-15(26)10-16(31-5)11(19(17)27)9-12-20(28)18(13(24)7-2)22(30)23(3,4)21(12)29/h10,26-29H,6-9H2,1-5H3. The number of aliphatic hydroxyl groups is 2. The van der Waals surface area contributed by atoms with Crippen molar-refractivity contribution in [3.63, 3.8) is 0 Å². The molecular weight excluding hydrogens is 404 g/mol. The lowest BCUT2D eigenvalue weighted by Gasteiger charge is -2.31. The Hall–Kier alpha value is -3.29. The van der Waals surface area contributed by atoms with Crippen LogP contribution in [0.25, 0.3) is 0 Å². The van der Waals surface area contributed by atoms with Crippen molar-refractivity contribution in [2.75, 3.05) is 7.11 Å². The van der Waals surface area contributed by atoms with Crippen molar-refractivity contribution in [2.24, 2.45) is 5.41 Å². The molecule has 31 heavy (non-hydrogen) atoms. The van der Waals surface area contributed by atoms with Gasteiger partial charge in [0.15, 0.2) is 17.3 Å². The summed E-state index contributed by atoms with van der Waals surface area (Å²) < 4.78 is 5.22. The largest absolute Gasteiger partial charge is 0.511 e. The summed E-state index contributed by atoms with van der Waals surface area (Å²) in [5.74, 6) is -3.92. The molecule has 0 aliphatic heterocycles. The zero-order valence-electron chi connectivity index (χ0n) is 18.3. The SMILES string of the molecule is CCCC(=O)c1c(O)cc(OC)c(CC2=C(O)C(C)(C)C(=O)C(C(=O)CC)=C2O)c1O. The van der Waals surface area contributed by atoms with Crippen LogP contribution in [-0.2, 0) is 16.0 Å². The number of ketones is 3. The van der Waals surface area contributed by atoms with Gasteiger partial charge in [-0.15, -0.1) is 0 Å². The van der Waals surface area contributed by atoms with E-state index < -0.39 is 51.4 Å². The van der Waals surface area contributed by atoms with E-state index in [0.717, 1.165) is 6.07 Å². The molecule has 0 amide bonds. The van der Waals surface area contributed by atoms with Gasteiger partial charge in [0, 0.05) is 36.5 Å². The first-order chi connectivity index (χ1) is 14.4. The van der Waals surface area contributed by atoms with Gasteiger partial charge in [0.1, 0.15) is 39.9 Å². The van der Waals surface area contributed by atoms with E-state index in [-0.39, 0.29) is 41.7 Å². The number of ether oxygens (including phenoxy) is 1. The van der Waals surface area contributed by atoms with E-state index in [1.807, 2.05) is 0 Å². The molecule has 1 aliphatic rings. The first-order valence-corrected chi connectivity index (χ1v) is 10.0. The smallest absolute Gasteiger partial charge is 0.183 e. The van der Waals surface area contributed by atoms with Crippen LogP contribution < -0.4 is 4.74 Å². The molecular formula is C23H28O8. The van der Waals surface area contributed by atoms with E-state index in [2.05, 4.69) is 0 Å². The molecule has 168 valence electrons. The number of benzene rings is 1. The third-order valence-corrected chi connectivity index (χ3v) is 5.47. The van der Waals surface area contributed by atoms with Gasteiger partial charge in [0.05, 0.1) is 12.5 Å². The van der Waals surface area contributed by atoms with Crippen molar-refractivity contribution in [3.8, 4) is 17.2 Å². The van der Waals surface area contributed by atoms with Crippen LogP contribution >= 0.6 is 0 Å². The van der Waals surface area contributed by atoms with Gasteiger partial charge in [0.2, 0.25) is 0 Å². The van der Waals surface area contributed by atoms with Crippen molar-refractivity contribution in [1.29, 1.82) is 0 Å². The molecule has 8 nitrogen and oxygen atoms in total. The Bertz CT molecular complexity index is 1010. The average Bonchev–Trinajstić information content (AvgIpc) is 2.71. The zero-order valence-corrected chi connectivity index (χ0v) is 18.3. The molecule has 0 bridgehead atoms. The summed E-state index contributed by atoms with van der Waals surface area (Å²) in [5, 5.41) is 42.5. The molecule has 4 N–H and O–H groups in total. The van der Waals surface area contributed by atoms with Crippen LogP contribution in [0.5, 0.6) is 17.2 Å². The predicted molar refractivity (Wildman–Crippen MR) is 113 cm³/mol. The second-order valence-electron chi connectivity index (χ2n) is 7.93. The van der Waals surface area contributed by atoms with E-state index >= 15 is 0 Å². The normalized spacial score (nSPS) is 16.0. The van der Waals surface area contributed by atoms with Crippen LogP contribution in [0.3, 0.4) is 0 Å². The maximum atomic E-state index is 12.7. The van der Waals surface area contributed by atoms with Crippen LogP contribution in [0.1, 0.15) is 62.9 Å². The molecule has 0 atom stereocenters. The summed E-state index contributed by atoms with van der Waals surface area (Å²) in [7, 11) is 1.29. The van der Waals surface area contributed by atoms with Crippen molar-refractivity contribution in [1.82, 2.24) is 0 Å². The van der Waals surface area contributed by atoms with E-state index in [1.54, 1.807) is 13.8 Å². The molecule has 2 rings (SSSR count). The molecule has 0 fully saturated rings. The number of phenols is 2. The Morgan fingerprint density at radius 3 is 2.19 bits per heavy atom. The van der Waals surface area contributed by atoms with E-state index in [9.17, 15) is 34.8 Å². The Morgan fingerprint density at radius 1 is 1.06 bits per heavy atom. The molecule has 1 aliphatic carbocycles. The Balaban J connectivity index is 2.76. The summed E-state index contributed by atoms with van der Waals surface area (Å²) >= 11 is 0. The first-order valence-electron chi connectivity index (χ1n) is 10.0. The average molecular weight is 432 g/mol. The predicted octanol–water partition coefficient (Wildman–Crippen LogP) is 3.84. The summed E-state index contributed by atoms with van der Waals surface area (Å²) in [5.41, 5.74) is -2.32. The number of rotatable bonds is 8. The van der Waals surface area contributed by atoms with Crippen LogP contribution in [0.4, 0.5) is 0 Å². The molecule has 8 heteroatoms. The minimum atomic E-state index is -1.48. The molecule has 0 saturated heterocycles. The van der Waals surface area contributed by atoms with E-state index in [1.165, 1.54) is 21.0 Å². The van der Waals surface area contributed by atoms with Crippen LogP contribution in [0.2, 0.25) is 0 Å². The van der Waals surface area contributed by atoms with Crippen molar-refractivity contribution < 1.29 is 39.5 Å². The number of hydrogen-bond donors (Lipinski definition) is 4. The van der Waals surface area contributed by atoms with E-state index in [0.29, 0.717) is 6.42 Å². The van der Waals surface area contributed by atoms with Gasteiger partial charge in [-0.05, 0) is 20.3 Å². The molecule has 0 saturated carbocycles. The van der Waals surface area contributed by atoms with Crippen molar-refractivity contribution >= 4 is 17.3 Å². The summed E-state index contributed by atoms with van der Waals surface area (Å²) in [6, 6.07) is 1.16. The fourth-order valence-corrected chi connectivity index (χ4v) is 3.60. The molecule has 0 heterocycles. The molecule has 0 unspecified atom stereocenters. The Kier molecular flexibility index (Phi) is 6.83. The van der Waals surface area contributed by atoms with Gasteiger partial charge >= 0.3 is 0 Å². The fraction of sp³-hybridized carbons (Fsp3) is 0.435. The van der Waals surface area contributed by atoms with Crippen molar-refractivity contribution in [2.45, 2.75) is 53.4 Å². The number of aromatic hydroxyl groups is 2. The second kappa shape index (κ2) is 8.83. The highest BCUT2D eigenvalue weighted by atomic mass is 16.5. The summed E-state index contributed by atoms with van der Waals surface area (Å²) in [4.78, 5) is 37.5. The third kappa shape index (κ3) is 4.02. The summed E-state index contributed by atoms with van der Waals surface area (Å²) in [6.45, 7) is 6.16. The van der Waals surface area contributed by atoms with Gasteiger partial charge in [-0.2, -0.15) is 0 Å². The number of phenolic OH excluding ortho intramolecular Hbond substituents is 2. The van der Waals surface area contributed by atoms with E-state index in [4.69, 9.17) is 4.74 Å². The lowest BCUT2D eigenvalue weighted by atomic mass is 9.73. The number of carbonyl (C=O) groups is 3. The van der Waals surface area contributed by atoms with Gasteiger partial charge in [-0.3, -0.25) is 14.4 Å². The highest BCUT2D eigenvalue weighted by Crippen LogP contribution is 2.44. The van der Waals surface area contributed by atoms with Crippen molar-refractivity contribution in [3.05, 3.63) is 39.9 Å². The van der Waals surface area contributed by atoms with Crippen LogP contribution in [-0.4, -0.2) is 44.9 Å². The molecule has 0 radical (unpaired) electrons. The highest BCUT2D eigenvalue weighted by molar-refractivity contribution is 6.24. The van der Waals surface area contributed by atoms with Gasteiger partial charge in [-0.25, -0.2) is 0 Å². The second-order valence-corrected chi connectivity index (χ2v) is 7.93. The lowest BCUT2D eigenvalue weighted by Crippen LogP contribution is -2.36. The minimum absolute atomic E-state index is 0.00854. The number of Topliss-reactive ketones (excluding diaryl/α,β-unsaturated/α-hetero) is 3. The summed E-state index contributed by atoms with van der Waals surface area (Å²) in [6.07, 6.45) is 0.200. The number of hydrogen-bond acceptors (Lipinski definition) is 8. The minimum Gasteiger partial charge on any atom is -0.511 e. The topological polar surface area (TPSA) is 141 Å². The van der Waals surface area contributed by atoms with Gasteiger partial charge in [-0.1, -0.05) is 13.8 Å². The number of methoxy groups -OCH3 is 1. The highest BCUT2D eigenvalue weighted by Gasteiger charge is 2.45. The molecule has 1 aromatic carbocycles. The quantitative estimate of drug-likeness (QED) is 0.359. The lowest BCUT2D eigenvalue weighted by molar-refractivity contribution is -0.127. The third-order valence-electron chi connectivity index (χ3n) is 5.47. The number of carbonyl (C=O) groups excluding carboxylic acids is 3. The monoisotopic (exact) mass is 432 g/mol. The van der Waals surface area contributed by atoms with Crippen LogP contribution in [0.15, 0.2) is 28.7 Å². The first kappa shape index (κ1) is 24.0. The molecule has 1 aromatic rings. The van der Waals surface area contributed by atoms with Crippen LogP contribution in [0, 0.1) is 5.41 Å². The van der Waals surface area contributed by atoms with Gasteiger partial charge in [0.25, 0.3) is 0 Å². The maximum absolute atomic E-state index is 12.7. The number of allylic oxidation sites excluding steroid dienone is 3. The maximum Gasteiger partial charge on any atom is 0.183 e. The molecule has 0 spiro atoms. The fourth-order valence-electron chi connectivity index (χ4n) is 3.60. The number of aliphatic hydroxyl groups excluding tert-OH is 2. The zero-order chi connectivity index (χ0) is 23.7. The van der Waals surface area contributed by atoms with Gasteiger partial charge < -0.3 is 25.2 Å². The Morgan fingerprint density at radius 2 is 1.68 bits per heavy atom. The Labute approximate surface area is 180 Å².